The second-order valence-electron chi connectivity index (χ2n) is 7.24. The lowest BCUT2D eigenvalue weighted by Gasteiger charge is -2.09. The molecule has 30 heavy (non-hydrogen) atoms. The van der Waals surface area contributed by atoms with Crippen LogP contribution in [-0.2, 0) is 0 Å². The van der Waals surface area contributed by atoms with E-state index in [1.165, 1.54) is 5.56 Å². The summed E-state index contributed by atoms with van der Waals surface area (Å²) in [5, 5.41) is 7.67. The summed E-state index contributed by atoms with van der Waals surface area (Å²) in [4.78, 5) is 13.1. The molecule has 0 aliphatic heterocycles. The van der Waals surface area contributed by atoms with Crippen LogP contribution >= 0.6 is 0 Å². The molecule has 0 aliphatic rings. The van der Waals surface area contributed by atoms with Crippen molar-refractivity contribution in [3.05, 3.63) is 89.6 Å². The fourth-order valence-corrected chi connectivity index (χ4v) is 3.28. The summed E-state index contributed by atoms with van der Waals surface area (Å²) in [5.41, 5.74) is 18.7. The number of carbonyl (C=O) groups excluding carboxylic acids is 1. The first kappa shape index (κ1) is 19.3. The van der Waals surface area contributed by atoms with Crippen LogP contribution in [-0.4, -0.2) is 15.7 Å². The van der Waals surface area contributed by atoms with E-state index in [1.54, 1.807) is 41.1 Å². The van der Waals surface area contributed by atoms with E-state index in [9.17, 15) is 4.79 Å². The standard InChI is InChI=1S/C24H23N5O/c1-15-4-3-5-21(16(15)2)22-14-23(24(30)27-19-10-6-17(25)7-11-19)29(28-22)20-12-8-18(26)9-13-20/h3-14H,25-26H2,1-2H3,(H,27,30). The maximum atomic E-state index is 13.1. The normalized spacial score (nSPS) is 10.7. The third kappa shape index (κ3) is 3.75. The van der Waals surface area contributed by atoms with E-state index in [2.05, 4.69) is 25.2 Å². The zero-order valence-electron chi connectivity index (χ0n) is 16.9. The van der Waals surface area contributed by atoms with E-state index >= 15 is 0 Å². The van der Waals surface area contributed by atoms with Crippen LogP contribution in [0.2, 0.25) is 0 Å². The molecule has 3 aromatic carbocycles. The fraction of sp³-hybridized carbons (Fsp3) is 0.0833. The molecule has 0 spiro atoms. The predicted octanol–water partition coefficient (Wildman–Crippen LogP) is 4.57. The third-order valence-electron chi connectivity index (χ3n) is 5.13. The van der Waals surface area contributed by atoms with Crippen molar-refractivity contribution in [2.75, 3.05) is 16.8 Å². The van der Waals surface area contributed by atoms with Crippen LogP contribution in [0.4, 0.5) is 17.1 Å². The van der Waals surface area contributed by atoms with Crippen molar-refractivity contribution in [1.29, 1.82) is 0 Å². The maximum Gasteiger partial charge on any atom is 0.274 e. The summed E-state index contributed by atoms with van der Waals surface area (Å²) in [6.45, 7) is 4.12. The SMILES string of the molecule is Cc1cccc(-c2cc(C(=O)Nc3ccc(N)cc3)n(-c3ccc(N)cc3)n2)c1C. The number of hydrogen-bond donors (Lipinski definition) is 3. The highest BCUT2D eigenvalue weighted by molar-refractivity contribution is 6.04. The van der Waals surface area contributed by atoms with Gasteiger partial charge in [0.2, 0.25) is 0 Å². The van der Waals surface area contributed by atoms with Crippen molar-refractivity contribution in [1.82, 2.24) is 9.78 Å². The molecule has 5 N–H and O–H groups in total. The van der Waals surface area contributed by atoms with Gasteiger partial charge in [-0.2, -0.15) is 5.10 Å². The van der Waals surface area contributed by atoms with Crippen molar-refractivity contribution in [3.63, 3.8) is 0 Å². The van der Waals surface area contributed by atoms with Gasteiger partial charge in [-0.05, 0) is 79.6 Å². The van der Waals surface area contributed by atoms with Gasteiger partial charge in [0, 0.05) is 22.6 Å². The monoisotopic (exact) mass is 397 g/mol. The minimum absolute atomic E-state index is 0.263. The molecule has 150 valence electrons. The summed E-state index contributed by atoms with van der Waals surface area (Å²) >= 11 is 0. The van der Waals surface area contributed by atoms with Crippen LogP contribution in [0.1, 0.15) is 21.6 Å². The van der Waals surface area contributed by atoms with E-state index in [0.29, 0.717) is 22.8 Å². The molecule has 1 heterocycles. The molecule has 6 heteroatoms. The number of aryl methyl sites for hydroxylation is 1. The van der Waals surface area contributed by atoms with Crippen molar-refractivity contribution >= 4 is 23.0 Å². The van der Waals surface area contributed by atoms with Crippen LogP contribution < -0.4 is 16.8 Å². The van der Waals surface area contributed by atoms with Crippen LogP contribution in [0, 0.1) is 13.8 Å². The molecule has 0 saturated heterocycles. The highest BCUT2D eigenvalue weighted by Gasteiger charge is 2.19. The summed E-state index contributed by atoms with van der Waals surface area (Å²) in [7, 11) is 0. The second kappa shape index (κ2) is 7.75. The van der Waals surface area contributed by atoms with Gasteiger partial charge >= 0.3 is 0 Å². The molecule has 1 aromatic heterocycles. The maximum absolute atomic E-state index is 13.1. The molecule has 0 radical (unpaired) electrons. The second-order valence-corrected chi connectivity index (χ2v) is 7.24. The number of benzene rings is 3. The van der Waals surface area contributed by atoms with Gasteiger partial charge in [-0.1, -0.05) is 18.2 Å². The largest absolute Gasteiger partial charge is 0.399 e. The van der Waals surface area contributed by atoms with Gasteiger partial charge in [-0.3, -0.25) is 4.79 Å². The Labute approximate surface area is 175 Å². The van der Waals surface area contributed by atoms with E-state index in [1.807, 2.05) is 30.3 Å². The Balaban J connectivity index is 1.79. The Morgan fingerprint density at radius 3 is 2.20 bits per heavy atom. The Hall–Kier alpha value is -4.06. The van der Waals surface area contributed by atoms with Gasteiger partial charge in [0.1, 0.15) is 5.69 Å². The van der Waals surface area contributed by atoms with Gasteiger partial charge < -0.3 is 16.8 Å². The summed E-state index contributed by atoms with van der Waals surface area (Å²) < 4.78 is 1.64. The average Bonchev–Trinajstić information content (AvgIpc) is 3.17. The van der Waals surface area contributed by atoms with E-state index in [0.717, 1.165) is 22.5 Å². The number of nitrogens with one attached hydrogen (secondary N) is 1. The molecule has 6 nitrogen and oxygen atoms in total. The molecule has 4 rings (SSSR count). The minimum Gasteiger partial charge on any atom is -0.399 e. The van der Waals surface area contributed by atoms with Gasteiger partial charge in [-0.15, -0.1) is 0 Å². The van der Waals surface area contributed by atoms with Gasteiger partial charge in [-0.25, -0.2) is 4.68 Å². The number of aromatic nitrogens is 2. The highest BCUT2D eigenvalue weighted by atomic mass is 16.2. The predicted molar refractivity (Wildman–Crippen MR) is 122 cm³/mol. The van der Waals surface area contributed by atoms with E-state index < -0.39 is 0 Å². The lowest BCUT2D eigenvalue weighted by atomic mass is 10.0. The molecule has 0 atom stereocenters. The molecule has 0 bridgehead atoms. The molecule has 1 amide bonds. The van der Waals surface area contributed by atoms with Crippen LogP contribution in [0.15, 0.2) is 72.8 Å². The first-order valence-electron chi connectivity index (χ1n) is 9.62. The van der Waals surface area contributed by atoms with Crippen LogP contribution in [0.3, 0.4) is 0 Å². The Morgan fingerprint density at radius 1 is 0.900 bits per heavy atom. The van der Waals surface area contributed by atoms with Gasteiger partial charge in [0.05, 0.1) is 11.4 Å². The number of carbonyl (C=O) groups is 1. The van der Waals surface area contributed by atoms with Crippen LogP contribution in [0.5, 0.6) is 0 Å². The van der Waals surface area contributed by atoms with E-state index in [4.69, 9.17) is 16.6 Å². The minimum atomic E-state index is -0.263. The summed E-state index contributed by atoms with van der Waals surface area (Å²) in [5.74, 6) is -0.263. The molecule has 0 unspecified atom stereocenters. The third-order valence-corrected chi connectivity index (χ3v) is 5.13. The summed E-state index contributed by atoms with van der Waals surface area (Å²) in [6, 6.07) is 22.2. The number of amides is 1. The lowest BCUT2D eigenvalue weighted by molar-refractivity contribution is 0.101. The number of rotatable bonds is 4. The Bertz CT molecular complexity index is 1210. The molecule has 0 aliphatic carbocycles. The number of nitrogens with zero attached hydrogens (tertiary/aromatic N) is 2. The quantitative estimate of drug-likeness (QED) is 0.439. The Morgan fingerprint density at radius 2 is 1.53 bits per heavy atom. The van der Waals surface area contributed by atoms with Crippen molar-refractivity contribution < 1.29 is 4.79 Å². The Kier molecular flexibility index (Phi) is 4.98. The van der Waals surface area contributed by atoms with Gasteiger partial charge in [0.25, 0.3) is 5.91 Å². The van der Waals surface area contributed by atoms with Gasteiger partial charge in [0.15, 0.2) is 0 Å². The zero-order valence-corrected chi connectivity index (χ0v) is 16.9. The van der Waals surface area contributed by atoms with Crippen molar-refractivity contribution in [3.8, 4) is 16.9 Å². The van der Waals surface area contributed by atoms with Crippen molar-refractivity contribution in [2.24, 2.45) is 0 Å². The average molecular weight is 397 g/mol. The lowest BCUT2D eigenvalue weighted by Crippen LogP contribution is -2.17. The number of anilines is 3. The fourth-order valence-electron chi connectivity index (χ4n) is 3.28. The van der Waals surface area contributed by atoms with E-state index in [-0.39, 0.29) is 5.91 Å². The molecular weight excluding hydrogens is 374 g/mol. The molecule has 0 saturated carbocycles. The molecule has 4 aromatic rings. The molecule has 0 fully saturated rings. The zero-order chi connectivity index (χ0) is 21.3. The number of hydrogen-bond acceptors (Lipinski definition) is 4. The van der Waals surface area contributed by atoms with Crippen molar-refractivity contribution in [2.45, 2.75) is 13.8 Å². The first-order valence-corrected chi connectivity index (χ1v) is 9.62. The number of nitrogen functional groups attached to an aromatic ring is 2. The first-order chi connectivity index (χ1) is 14.4. The molecular formula is C24H23N5O. The highest BCUT2D eigenvalue weighted by Crippen LogP contribution is 2.27. The topological polar surface area (TPSA) is 99.0 Å². The van der Waals surface area contributed by atoms with Crippen LogP contribution in [0.25, 0.3) is 16.9 Å². The summed E-state index contributed by atoms with van der Waals surface area (Å²) in [6.07, 6.45) is 0. The number of nitrogens with two attached hydrogens (primary N) is 2. The smallest absolute Gasteiger partial charge is 0.274 e.